The summed E-state index contributed by atoms with van der Waals surface area (Å²) in [6.45, 7) is 4.38. The molecule has 23 heavy (non-hydrogen) atoms. The van der Waals surface area contributed by atoms with Crippen molar-refractivity contribution in [2.45, 2.75) is 31.8 Å². The first-order valence-electron chi connectivity index (χ1n) is 7.83. The van der Waals surface area contributed by atoms with Crippen LogP contribution in [0.3, 0.4) is 0 Å². The Morgan fingerprint density at radius 2 is 2.09 bits per heavy atom. The van der Waals surface area contributed by atoms with E-state index < -0.39 is 0 Å². The molecule has 3 N–H and O–H groups in total. The molecular formula is C16H23ClN4O2. The van der Waals surface area contributed by atoms with Crippen LogP contribution in [0.5, 0.6) is 0 Å². The zero-order chi connectivity index (χ0) is 15.5. The fourth-order valence-corrected chi connectivity index (χ4v) is 2.62. The van der Waals surface area contributed by atoms with Crippen molar-refractivity contribution in [3.05, 3.63) is 29.8 Å². The van der Waals surface area contributed by atoms with Crippen molar-refractivity contribution in [1.82, 2.24) is 15.5 Å². The predicted molar refractivity (Wildman–Crippen MR) is 92.2 cm³/mol. The van der Waals surface area contributed by atoms with Crippen LogP contribution in [-0.2, 0) is 0 Å². The number of nitrogens with zero attached hydrogens (tertiary/aromatic N) is 1. The van der Waals surface area contributed by atoms with Gasteiger partial charge in [-0.3, -0.25) is 4.79 Å². The molecule has 6 nitrogen and oxygen atoms in total. The first-order valence-corrected chi connectivity index (χ1v) is 7.83. The summed E-state index contributed by atoms with van der Waals surface area (Å²) in [5, 5.41) is 8.93. The summed E-state index contributed by atoms with van der Waals surface area (Å²) in [6.07, 6.45) is 2.10. The number of benzene rings is 1. The van der Waals surface area contributed by atoms with Crippen LogP contribution in [0.1, 0.15) is 30.1 Å². The highest BCUT2D eigenvalue weighted by Crippen LogP contribution is 2.19. The Labute approximate surface area is 142 Å². The molecule has 126 valence electrons. The van der Waals surface area contributed by atoms with Crippen molar-refractivity contribution in [3.63, 3.8) is 0 Å². The van der Waals surface area contributed by atoms with Gasteiger partial charge in [0.05, 0.1) is 0 Å². The van der Waals surface area contributed by atoms with Crippen LogP contribution in [0, 0.1) is 0 Å². The largest absolute Gasteiger partial charge is 0.335 e. The number of nitrogens with one attached hydrogen (secondary N) is 3. The van der Waals surface area contributed by atoms with Gasteiger partial charge in [0.15, 0.2) is 0 Å². The smallest absolute Gasteiger partial charge is 0.319 e. The molecule has 1 saturated carbocycles. The Morgan fingerprint density at radius 1 is 1.30 bits per heavy atom. The zero-order valence-electron chi connectivity index (χ0n) is 13.2. The van der Waals surface area contributed by atoms with Crippen molar-refractivity contribution >= 4 is 30.0 Å². The van der Waals surface area contributed by atoms with Crippen molar-refractivity contribution in [2.75, 3.05) is 25.0 Å². The lowest BCUT2D eigenvalue weighted by Gasteiger charge is -2.34. The van der Waals surface area contributed by atoms with Crippen LogP contribution >= 0.6 is 12.4 Å². The van der Waals surface area contributed by atoms with Crippen LogP contribution in [-0.4, -0.2) is 48.6 Å². The molecule has 0 unspecified atom stereocenters. The van der Waals surface area contributed by atoms with Gasteiger partial charge in [0.2, 0.25) is 0 Å². The molecule has 2 aliphatic rings. The number of amides is 3. The average molecular weight is 339 g/mol. The van der Waals surface area contributed by atoms with E-state index in [1.165, 1.54) is 0 Å². The van der Waals surface area contributed by atoms with Crippen LogP contribution in [0.15, 0.2) is 24.3 Å². The second-order valence-corrected chi connectivity index (χ2v) is 6.01. The summed E-state index contributed by atoms with van der Waals surface area (Å²) in [4.78, 5) is 26.3. The van der Waals surface area contributed by atoms with Gasteiger partial charge >= 0.3 is 6.03 Å². The predicted octanol–water partition coefficient (Wildman–Crippen LogP) is 1.83. The fourth-order valence-electron chi connectivity index (χ4n) is 2.62. The number of carbonyl (C=O) groups is 2. The highest BCUT2D eigenvalue weighted by Gasteiger charge is 2.25. The molecule has 1 aromatic carbocycles. The Kier molecular flexibility index (Phi) is 5.85. The summed E-state index contributed by atoms with van der Waals surface area (Å²) >= 11 is 0. The molecule has 1 atom stereocenters. The number of carbonyl (C=O) groups excluding carboxylic acids is 2. The van der Waals surface area contributed by atoms with Crippen molar-refractivity contribution < 1.29 is 9.59 Å². The van der Waals surface area contributed by atoms with Crippen LogP contribution in [0.4, 0.5) is 10.5 Å². The van der Waals surface area contributed by atoms with Gasteiger partial charge in [-0.2, -0.15) is 0 Å². The monoisotopic (exact) mass is 338 g/mol. The Hall–Kier alpha value is -1.79. The summed E-state index contributed by atoms with van der Waals surface area (Å²) in [5.41, 5.74) is 1.25. The molecule has 0 spiro atoms. The lowest BCUT2D eigenvalue weighted by molar-refractivity contribution is 0.0656. The summed E-state index contributed by atoms with van der Waals surface area (Å²) in [5.74, 6) is 0.0141. The Bertz CT molecular complexity index is 577. The molecule has 3 amide bonds. The average Bonchev–Trinajstić information content (AvgIpc) is 3.31. The van der Waals surface area contributed by atoms with Gasteiger partial charge in [-0.25, -0.2) is 4.79 Å². The lowest BCUT2D eigenvalue weighted by Crippen LogP contribution is -2.52. The van der Waals surface area contributed by atoms with Crippen LogP contribution < -0.4 is 16.0 Å². The molecule has 0 radical (unpaired) electrons. The molecule has 0 bridgehead atoms. The SMILES string of the molecule is C[C@H]1CNCCN1C(=O)c1cccc(NC(=O)NC2CC2)c1.Cl. The number of halogens is 1. The number of piperazine rings is 1. The van der Waals surface area contributed by atoms with Gasteiger partial charge in [0, 0.05) is 43.0 Å². The van der Waals surface area contributed by atoms with E-state index in [0.717, 1.165) is 25.9 Å². The number of hydrogen-bond donors (Lipinski definition) is 3. The number of hydrogen-bond acceptors (Lipinski definition) is 3. The van der Waals surface area contributed by atoms with Gasteiger partial charge in [0.1, 0.15) is 0 Å². The van der Waals surface area contributed by atoms with Crippen molar-refractivity contribution in [1.29, 1.82) is 0 Å². The molecule has 1 aliphatic carbocycles. The molecule has 1 heterocycles. The number of anilines is 1. The lowest BCUT2D eigenvalue weighted by atomic mass is 10.1. The molecule has 2 fully saturated rings. The quantitative estimate of drug-likeness (QED) is 0.787. The number of rotatable bonds is 3. The van der Waals surface area contributed by atoms with Crippen molar-refractivity contribution in [3.8, 4) is 0 Å². The minimum atomic E-state index is -0.206. The van der Waals surface area contributed by atoms with E-state index >= 15 is 0 Å². The molecule has 3 rings (SSSR count). The van der Waals surface area contributed by atoms with E-state index in [-0.39, 0.29) is 30.4 Å². The minimum Gasteiger partial charge on any atom is -0.335 e. The maximum absolute atomic E-state index is 12.6. The number of urea groups is 1. The second-order valence-electron chi connectivity index (χ2n) is 6.01. The third-order valence-corrected chi connectivity index (χ3v) is 4.04. The molecule has 0 aromatic heterocycles. The first-order chi connectivity index (χ1) is 10.6. The van der Waals surface area contributed by atoms with Crippen LogP contribution in [0.2, 0.25) is 0 Å². The zero-order valence-corrected chi connectivity index (χ0v) is 14.0. The third kappa shape index (κ3) is 4.59. The van der Waals surface area contributed by atoms with Gasteiger partial charge in [-0.1, -0.05) is 6.07 Å². The Morgan fingerprint density at radius 3 is 2.78 bits per heavy atom. The van der Waals surface area contributed by atoms with Gasteiger partial charge in [0.25, 0.3) is 5.91 Å². The van der Waals surface area contributed by atoms with Gasteiger partial charge in [-0.15, -0.1) is 12.4 Å². The summed E-state index contributed by atoms with van der Waals surface area (Å²) in [6, 6.07) is 7.41. The van der Waals surface area contributed by atoms with E-state index in [9.17, 15) is 9.59 Å². The van der Waals surface area contributed by atoms with Gasteiger partial charge < -0.3 is 20.9 Å². The Balaban J connectivity index is 0.00000192. The molecule has 1 aromatic rings. The van der Waals surface area contributed by atoms with E-state index in [1.807, 2.05) is 11.8 Å². The maximum Gasteiger partial charge on any atom is 0.319 e. The van der Waals surface area contributed by atoms with E-state index in [0.29, 0.717) is 23.8 Å². The van der Waals surface area contributed by atoms with Crippen molar-refractivity contribution in [2.24, 2.45) is 0 Å². The molecule has 1 saturated heterocycles. The maximum atomic E-state index is 12.6. The topological polar surface area (TPSA) is 73.5 Å². The molecule has 7 heteroatoms. The van der Waals surface area contributed by atoms with Gasteiger partial charge in [-0.05, 0) is 38.0 Å². The standard InChI is InChI=1S/C16H22N4O2.ClH/c1-11-10-17-7-8-20(11)15(21)12-3-2-4-14(9-12)19-16(22)18-13-5-6-13;/h2-4,9,11,13,17H,5-8,10H2,1H3,(H2,18,19,22);1H/t11-;/m0./s1. The summed E-state index contributed by atoms with van der Waals surface area (Å²) < 4.78 is 0. The van der Waals surface area contributed by atoms with E-state index in [1.54, 1.807) is 24.3 Å². The first kappa shape index (κ1) is 17.6. The normalized spacial score (nSPS) is 20.4. The minimum absolute atomic E-state index is 0. The fraction of sp³-hybridized carbons (Fsp3) is 0.500. The second kappa shape index (κ2) is 7.66. The van der Waals surface area contributed by atoms with E-state index in [2.05, 4.69) is 16.0 Å². The summed E-state index contributed by atoms with van der Waals surface area (Å²) in [7, 11) is 0. The highest BCUT2D eigenvalue weighted by atomic mass is 35.5. The van der Waals surface area contributed by atoms with E-state index in [4.69, 9.17) is 0 Å². The molecular weight excluding hydrogens is 316 g/mol. The molecule has 1 aliphatic heterocycles. The third-order valence-electron chi connectivity index (χ3n) is 4.04. The van der Waals surface area contributed by atoms with Crippen LogP contribution in [0.25, 0.3) is 0 Å². The highest BCUT2D eigenvalue weighted by molar-refractivity contribution is 5.97.